The molecule has 0 saturated carbocycles. The summed E-state index contributed by atoms with van der Waals surface area (Å²) in [5.41, 5.74) is 6.08. The summed E-state index contributed by atoms with van der Waals surface area (Å²) < 4.78 is 5.25. The van der Waals surface area contributed by atoms with Crippen molar-refractivity contribution in [2.45, 2.75) is 19.4 Å². The van der Waals surface area contributed by atoms with Crippen LogP contribution >= 0.6 is 11.6 Å². The van der Waals surface area contributed by atoms with Crippen molar-refractivity contribution in [3.63, 3.8) is 0 Å². The highest BCUT2D eigenvalue weighted by Gasteiger charge is 2.27. The highest BCUT2D eigenvalue weighted by molar-refractivity contribution is 6.30. The second kappa shape index (κ2) is 7.35. The number of amides is 3. The molecule has 0 radical (unpaired) electrons. The molecule has 7 heteroatoms. The molecule has 0 spiro atoms. The molecule has 1 aromatic carbocycles. The summed E-state index contributed by atoms with van der Waals surface area (Å²) in [6.45, 7) is 1.31. The van der Waals surface area contributed by atoms with E-state index < -0.39 is 6.03 Å². The van der Waals surface area contributed by atoms with Crippen LogP contribution in [0.4, 0.5) is 4.79 Å². The van der Waals surface area contributed by atoms with Gasteiger partial charge in [0.25, 0.3) is 0 Å². The van der Waals surface area contributed by atoms with Crippen molar-refractivity contribution in [2.24, 2.45) is 11.7 Å². The number of nitrogens with one attached hydrogen (secondary N) is 1. The number of methoxy groups -OCH3 is 1. The molecule has 2 rings (SSSR count). The van der Waals surface area contributed by atoms with Crippen molar-refractivity contribution < 1.29 is 14.3 Å². The van der Waals surface area contributed by atoms with Gasteiger partial charge >= 0.3 is 6.03 Å². The third-order valence-corrected chi connectivity index (χ3v) is 4.03. The van der Waals surface area contributed by atoms with Crippen LogP contribution in [0.25, 0.3) is 0 Å². The van der Waals surface area contributed by atoms with E-state index in [1.807, 2.05) is 0 Å². The average molecular weight is 326 g/mol. The minimum atomic E-state index is -0.478. The van der Waals surface area contributed by atoms with Gasteiger partial charge in [0, 0.05) is 30.2 Å². The first-order chi connectivity index (χ1) is 10.5. The molecule has 1 fully saturated rings. The van der Waals surface area contributed by atoms with Crippen LogP contribution in [0.1, 0.15) is 18.4 Å². The number of likely N-dealkylation sites (tertiary alicyclic amines) is 1. The van der Waals surface area contributed by atoms with E-state index in [-0.39, 0.29) is 11.8 Å². The molecule has 0 unspecified atom stereocenters. The molecule has 1 atom stereocenters. The Hall–Kier alpha value is -1.95. The maximum atomic E-state index is 12.3. The van der Waals surface area contributed by atoms with E-state index in [4.69, 9.17) is 22.1 Å². The summed E-state index contributed by atoms with van der Waals surface area (Å²) in [5, 5.41) is 3.46. The second-order valence-electron chi connectivity index (χ2n) is 5.30. The van der Waals surface area contributed by atoms with Crippen molar-refractivity contribution in [3.8, 4) is 5.75 Å². The van der Waals surface area contributed by atoms with Gasteiger partial charge in [0.05, 0.1) is 13.0 Å². The van der Waals surface area contributed by atoms with Crippen molar-refractivity contribution in [2.75, 3.05) is 20.2 Å². The third-order valence-electron chi connectivity index (χ3n) is 3.80. The number of rotatable bonds is 4. The van der Waals surface area contributed by atoms with Crippen LogP contribution in [0.5, 0.6) is 5.75 Å². The summed E-state index contributed by atoms with van der Waals surface area (Å²) in [6, 6.07) is 4.78. The zero-order valence-electron chi connectivity index (χ0n) is 12.5. The lowest BCUT2D eigenvalue weighted by Crippen LogP contribution is -2.47. The summed E-state index contributed by atoms with van der Waals surface area (Å²) in [4.78, 5) is 25.0. The van der Waals surface area contributed by atoms with E-state index in [1.54, 1.807) is 25.3 Å². The molecule has 0 aliphatic carbocycles. The van der Waals surface area contributed by atoms with Gasteiger partial charge in [0.15, 0.2) is 0 Å². The van der Waals surface area contributed by atoms with Crippen molar-refractivity contribution >= 4 is 23.5 Å². The fourth-order valence-corrected chi connectivity index (χ4v) is 2.80. The van der Waals surface area contributed by atoms with Gasteiger partial charge in [-0.25, -0.2) is 4.79 Å². The van der Waals surface area contributed by atoms with Gasteiger partial charge in [-0.3, -0.25) is 4.79 Å². The van der Waals surface area contributed by atoms with Gasteiger partial charge in [-0.2, -0.15) is 0 Å². The minimum absolute atomic E-state index is 0.0898. The lowest BCUT2D eigenvalue weighted by Gasteiger charge is -2.30. The first-order valence-corrected chi connectivity index (χ1v) is 7.53. The number of nitrogens with two attached hydrogens (primary N) is 1. The van der Waals surface area contributed by atoms with E-state index >= 15 is 0 Å². The number of halogens is 1. The minimum Gasteiger partial charge on any atom is -0.496 e. The predicted molar refractivity (Wildman–Crippen MR) is 83.7 cm³/mol. The van der Waals surface area contributed by atoms with Crippen LogP contribution in [0, 0.1) is 5.92 Å². The fourth-order valence-electron chi connectivity index (χ4n) is 2.60. The molecule has 3 amide bonds. The van der Waals surface area contributed by atoms with Crippen LogP contribution < -0.4 is 15.8 Å². The Balaban J connectivity index is 1.95. The molecule has 1 saturated heterocycles. The van der Waals surface area contributed by atoms with E-state index in [9.17, 15) is 9.59 Å². The number of carbonyl (C=O) groups is 2. The standard InChI is InChI=1S/C15H20ClN3O3/c1-22-13-5-4-12(16)7-11(13)8-18-14(20)10-3-2-6-19(9-10)15(17)21/h4-5,7,10H,2-3,6,8-9H2,1H3,(H2,17,21)(H,18,20)/t10-/m0/s1. The normalized spacial score (nSPS) is 17.9. The molecule has 1 aromatic rings. The van der Waals surface area contributed by atoms with Gasteiger partial charge in [-0.05, 0) is 31.0 Å². The summed E-state index contributed by atoms with van der Waals surface area (Å²) in [5.74, 6) is 0.353. The van der Waals surface area contributed by atoms with E-state index in [0.717, 1.165) is 18.4 Å². The first kappa shape index (κ1) is 16.4. The Labute approximate surface area is 134 Å². The smallest absolute Gasteiger partial charge is 0.314 e. The molecule has 0 bridgehead atoms. The highest BCUT2D eigenvalue weighted by atomic mass is 35.5. The molecule has 1 heterocycles. The Bertz CT molecular complexity index is 565. The lowest BCUT2D eigenvalue weighted by atomic mass is 9.97. The molecule has 0 aromatic heterocycles. The van der Waals surface area contributed by atoms with Crippen LogP contribution in [0.3, 0.4) is 0 Å². The molecular formula is C15H20ClN3O3. The van der Waals surface area contributed by atoms with Crippen LogP contribution in [-0.2, 0) is 11.3 Å². The number of hydrogen-bond acceptors (Lipinski definition) is 3. The van der Waals surface area contributed by atoms with E-state index in [0.29, 0.717) is 30.4 Å². The van der Waals surface area contributed by atoms with E-state index in [1.165, 1.54) is 4.90 Å². The van der Waals surface area contributed by atoms with Crippen molar-refractivity contribution in [3.05, 3.63) is 28.8 Å². The SMILES string of the molecule is COc1ccc(Cl)cc1CNC(=O)[C@H]1CCCN(C(N)=O)C1. The Morgan fingerprint density at radius 3 is 2.95 bits per heavy atom. The predicted octanol–water partition coefficient (Wildman–Crippen LogP) is 1.76. The quantitative estimate of drug-likeness (QED) is 0.884. The van der Waals surface area contributed by atoms with E-state index in [2.05, 4.69) is 5.32 Å². The van der Waals surface area contributed by atoms with Crippen molar-refractivity contribution in [1.29, 1.82) is 0 Å². The number of urea groups is 1. The fraction of sp³-hybridized carbons (Fsp3) is 0.467. The second-order valence-corrected chi connectivity index (χ2v) is 5.73. The zero-order valence-corrected chi connectivity index (χ0v) is 13.2. The Morgan fingerprint density at radius 1 is 1.50 bits per heavy atom. The van der Waals surface area contributed by atoms with Gasteiger partial charge in [-0.1, -0.05) is 11.6 Å². The number of ether oxygens (including phenoxy) is 1. The molecule has 1 aliphatic rings. The molecule has 120 valence electrons. The van der Waals surface area contributed by atoms with Crippen LogP contribution in [0.2, 0.25) is 5.02 Å². The number of nitrogens with zero attached hydrogens (tertiary/aromatic N) is 1. The highest BCUT2D eigenvalue weighted by Crippen LogP contribution is 2.23. The van der Waals surface area contributed by atoms with Gasteiger partial charge in [0.1, 0.15) is 5.75 Å². The summed E-state index contributed by atoms with van der Waals surface area (Å²) >= 11 is 5.97. The van der Waals surface area contributed by atoms with Gasteiger partial charge in [0.2, 0.25) is 5.91 Å². The number of carbonyl (C=O) groups excluding carboxylic acids is 2. The largest absolute Gasteiger partial charge is 0.496 e. The number of piperidine rings is 1. The van der Waals surface area contributed by atoms with Gasteiger partial charge < -0.3 is 20.7 Å². The topological polar surface area (TPSA) is 84.7 Å². The monoisotopic (exact) mass is 325 g/mol. The maximum Gasteiger partial charge on any atom is 0.314 e. The molecule has 6 nitrogen and oxygen atoms in total. The van der Waals surface area contributed by atoms with Crippen molar-refractivity contribution in [1.82, 2.24) is 10.2 Å². The number of hydrogen-bond donors (Lipinski definition) is 2. The maximum absolute atomic E-state index is 12.3. The molecule has 22 heavy (non-hydrogen) atoms. The van der Waals surface area contributed by atoms with Gasteiger partial charge in [-0.15, -0.1) is 0 Å². The summed E-state index contributed by atoms with van der Waals surface area (Å²) in [7, 11) is 1.57. The van der Waals surface area contributed by atoms with Crippen LogP contribution in [-0.4, -0.2) is 37.0 Å². The lowest BCUT2D eigenvalue weighted by molar-refractivity contribution is -0.126. The average Bonchev–Trinajstić information content (AvgIpc) is 2.52. The third kappa shape index (κ3) is 4.04. The number of primary amides is 1. The molecule has 1 aliphatic heterocycles. The molecule has 3 N–H and O–H groups in total. The Morgan fingerprint density at radius 2 is 2.27 bits per heavy atom. The zero-order chi connectivity index (χ0) is 16.1. The first-order valence-electron chi connectivity index (χ1n) is 7.15. The molecular weight excluding hydrogens is 306 g/mol. The number of benzene rings is 1. The summed E-state index contributed by atoms with van der Waals surface area (Å²) in [6.07, 6.45) is 1.53. The van der Waals surface area contributed by atoms with Crippen LogP contribution in [0.15, 0.2) is 18.2 Å². The Kier molecular flexibility index (Phi) is 5.49.